The number of aromatic nitrogens is 2. The number of benzene rings is 1. The smallest absolute Gasteiger partial charge is 0.242 e. The van der Waals surface area contributed by atoms with Crippen LogP contribution in [0.5, 0.6) is 5.88 Å². The molecule has 128 valence electrons. The third-order valence-corrected chi connectivity index (χ3v) is 5.09. The number of likely N-dealkylation sites (tertiary alicyclic amines) is 1. The second-order valence-corrected chi connectivity index (χ2v) is 7.02. The van der Waals surface area contributed by atoms with Crippen LogP contribution < -0.4 is 4.74 Å². The summed E-state index contributed by atoms with van der Waals surface area (Å²) in [5.74, 6) is 0.700. The zero-order valence-corrected chi connectivity index (χ0v) is 15.2. The maximum absolute atomic E-state index is 12.6. The van der Waals surface area contributed by atoms with Gasteiger partial charge in [-0.1, -0.05) is 18.2 Å². The molecule has 0 N–H and O–H groups in total. The summed E-state index contributed by atoms with van der Waals surface area (Å²) in [6, 6.07) is 13.9. The summed E-state index contributed by atoms with van der Waals surface area (Å²) < 4.78 is 8.77. The number of amides is 1. The van der Waals surface area contributed by atoms with Gasteiger partial charge < -0.3 is 14.2 Å². The highest BCUT2D eigenvalue weighted by Crippen LogP contribution is 2.24. The van der Waals surface area contributed by atoms with Gasteiger partial charge in [0.2, 0.25) is 11.8 Å². The molecule has 5 nitrogen and oxygen atoms in total. The molecule has 1 saturated heterocycles. The number of hydrogen-bond donors (Lipinski definition) is 0. The molecule has 6 heteroatoms. The van der Waals surface area contributed by atoms with Gasteiger partial charge in [0.1, 0.15) is 12.6 Å². The van der Waals surface area contributed by atoms with Crippen LogP contribution in [0.3, 0.4) is 0 Å². The number of hydrogen-bond acceptors (Lipinski definition) is 3. The standard InChI is InChI=1S/C19H18BrN3O2/c20-16-5-3-9-21-19(16)25-15-8-11-23(12-15)18(24)13-22-10-7-14-4-1-2-6-17(14)22/h1-7,9-10,15H,8,11-13H2. The molecule has 25 heavy (non-hydrogen) atoms. The van der Waals surface area contributed by atoms with Crippen molar-refractivity contribution in [2.75, 3.05) is 13.1 Å². The highest BCUT2D eigenvalue weighted by atomic mass is 79.9. The van der Waals surface area contributed by atoms with Crippen molar-refractivity contribution in [3.05, 3.63) is 59.3 Å². The van der Waals surface area contributed by atoms with Crippen LogP contribution in [-0.2, 0) is 11.3 Å². The lowest BCUT2D eigenvalue weighted by molar-refractivity contribution is -0.131. The van der Waals surface area contributed by atoms with Crippen LogP contribution in [0.15, 0.2) is 59.3 Å². The fraction of sp³-hybridized carbons (Fsp3) is 0.263. The maximum Gasteiger partial charge on any atom is 0.242 e. The Bertz CT molecular complexity index is 908. The molecule has 1 aliphatic heterocycles. The number of rotatable bonds is 4. The average Bonchev–Trinajstić information content (AvgIpc) is 3.25. The van der Waals surface area contributed by atoms with E-state index in [0.717, 1.165) is 21.8 Å². The molecule has 2 aromatic heterocycles. The highest BCUT2D eigenvalue weighted by molar-refractivity contribution is 9.10. The second-order valence-electron chi connectivity index (χ2n) is 6.16. The summed E-state index contributed by atoms with van der Waals surface area (Å²) in [6.45, 7) is 1.67. The van der Waals surface area contributed by atoms with E-state index in [0.29, 0.717) is 25.5 Å². The number of ether oxygens (including phenoxy) is 1. The summed E-state index contributed by atoms with van der Waals surface area (Å²) in [7, 11) is 0. The van der Waals surface area contributed by atoms with Crippen molar-refractivity contribution in [2.45, 2.75) is 19.1 Å². The summed E-state index contributed by atoms with van der Waals surface area (Å²) in [5.41, 5.74) is 1.08. The fourth-order valence-corrected chi connectivity index (χ4v) is 3.54. The van der Waals surface area contributed by atoms with E-state index in [1.165, 1.54) is 0 Å². The molecule has 0 spiro atoms. The minimum atomic E-state index is -0.0171. The predicted molar refractivity (Wildman–Crippen MR) is 99.5 cm³/mol. The van der Waals surface area contributed by atoms with Crippen LogP contribution in [0.25, 0.3) is 10.9 Å². The van der Waals surface area contributed by atoms with Crippen molar-refractivity contribution in [3.8, 4) is 5.88 Å². The van der Waals surface area contributed by atoms with Crippen LogP contribution in [0.1, 0.15) is 6.42 Å². The molecule has 1 amide bonds. The molecule has 1 aromatic carbocycles. The van der Waals surface area contributed by atoms with Crippen LogP contribution in [-0.4, -0.2) is 39.6 Å². The van der Waals surface area contributed by atoms with Gasteiger partial charge in [0.05, 0.1) is 11.0 Å². The Labute approximate surface area is 154 Å². The lowest BCUT2D eigenvalue weighted by Gasteiger charge is -2.18. The van der Waals surface area contributed by atoms with E-state index in [2.05, 4.69) is 27.0 Å². The molecule has 3 heterocycles. The Kier molecular flexibility index (Phi) is 4.44. The van der Waals surface area contributed by atoms with Crippen molar-refractivity contribution < 1.29 is 9.53 Å². The van der Waals surface area contributed by atoms with E-state index in [1.807, 2.05) is 52.1 Å². The first kappa shape index (κ1) is 16.1. The number of carbonyl (C=O) groups is 1. The Hall–Kier alpha value is -2.34. The molecule has 0 aliphatic carbocycles. The van der Waals surface area contributed by atoms with Gasteiger partial charge in [-0.25, -0.2) is 4.98 Å². The van der Waals surface area contributed by atoms with Gasteiger partial charge >= 0.3 is 0 Å². The summed E-state index contributed by atoms with van der Waals surface area (Å²) >= 11 is 3.44. The van der Waals surface area contributed by atoms with Gasteiger partial charge in [0.15, 0.2) is 0 Å². The quantitative estimate of drug-likeness (QED) is 0.674. The van der Waals surface area contributed by atoms with E-state index in [1.54, 1.807) is 6.20 Å². The van der Waals surface area contributed by atoms with Crippen molar-refractivity contribution in [2.24, 2.45) is 0 Å². The molecule has 4 rings (SSSR count). The first-order valence-electron chi connectivity index (χ1n) is 8.29. The number of pyridine rings is 1. The lowest BCUT2D eigenvalue weighted by atomic mass is 10.2. The zero-order chi connectivity index (χ0) is 17.2. The molecule has 1 unspecified atom stereocenters. The van der Waals surface area contributed by atoms with Crippen molar-refractivity contribution >= 4 is 32.7 Å². The molecule has 0 saturated carbocycles. The fourth-order valence-electron chi connectivity index (χ4n) is 3.19. The topological polar surface area (TPSA) is 47.4 Å². The minimum Gasteiger partial charge on any atom is -0.472 e. The summed E-state index contributed by atoms with van der Waals surface area (Å²) in [5, 5.41) is 1.15. The van der Waals surface area contributed by atoms with Crippen LogP contribution in [0.2, 0.25) is 0 Å². The predicted octanol–water partition coefficient (Wildman–Crippen LogP) is 3.48. The van der Waals surface area contributed by atoms with Crippen molar-refractivity contribution in [1.82, 2.24) is 14.5 Å². The SMILES string of the molecule is O=C(Cn1ccc2ccccc21)N1CCC(Oc2ncccc2Br)C1. The van der Waals surface area contributed by atoms with E-state index in [9.17, 15) is 4.79 Å². The van der Waals surface area contributed by atoms with E-state index in [4.69, 9.17) is 4.74 Å². The lowest BCUT2D eigenvalue weighted by Crippen LogP contribution is -2.33. The molecule has 1 fully saturated rings. The Balaban J connectivity index is 1.40. The van der Waals surface area contributed by atoms with Crippen LogP contribution in [0, 0.1) is 0 Å². The normalized spacial score (nSPS) is 17.2. The largest absolute Gasteiger partial charge is 0.472 e. The van der Waals surface area contributed by atoms with Gasteiger partial charge in [0, 0.05) is 30.9 Å². The van der Waals surface area contributed by atoms with Gasteiger partial charge in [-0.15, -0.1) is 0 Å². The van der Waals surface area contributed by atoms with Crippen LogP contribution >= 0.6 is 15.9 Å². The zero-order valence-electron chi connectivity index (χ0n) is 13.6. The van der Waals surface area contributed by atoms with Gasteiger partial charge in [-0.3, -0.25) is 4.79 Å². The molecule has 1 atom stereocenters. The number of fused-ring (bicyclic) bond motifs is 1. The molecular weight excluding hydrogens is 382 g/mol. The second kappa shape index (κ2) is 6.88. The molecule has 0 radical (unpaired) electrons. The third-order valence-electron chi connectivity index (χ3n) is 4.49. The third kappa shape index (κ3) is 3.39. The summed E-state index contributed by atoms with van der Waals surface area (Å²) in [4.78, 5) is 18.7. The molecule has 3 aromatic rings. The highest BCUT2D eigenvalue weighted by Gasteiger charge is 2.28. The maximum atomic E-state index is 12.6. The van der Waals surface area contributed by atoms with Gasteiger partial charge in [-0.05, 0) is 45.6 Å². The molecule has 0 bridgehead atoms. The van der Waals surface area contributed by atoms with Crippen molar-refractivity contribution in [3.63, 3.8) is 0 Å². The Morgan fingerprint density at radius 2 is 2.12 bits per heavy atom. The first-order chi connectivity index (χ1) is 12.2. The molecule has 1 aliphatic rings. The first-order valence-corrected chi connectivity index (χ1v) is 9.09. The number of halogens is 1. The van der Waals surface area contributed by atoms with Gasteiger partial charge in [0.25, 0.3) is 0 Å². The number of para-hydroxylation sites is 1. The monoisotopic (exact) mass is 399 g/mol. The average molecular weight is 400 g/mol. The van der Waals surface area contributed by atoms with E-state index >= 15 is 0 Å². The Morgan fingerprint density at radius 3 is 3.00 bits per heavy atom. The number of nitrogens with zero attached hydrogens (tertiary/aromatic N) is 3. The van der Waals surface area contributed by atoms with Crippen molar-refractivity contribution in [1.29, 1.82) is 0 Å². The summed E-state index contributed by atoms with van der Waals surface area (Å²) in [6.07, 6.45) is 4.48. The van der Waals surface area contributed by atoms with Gasteiger partial charge in [-0.2, -0.15) is 0 Å². The minimum absolute atomic E-state index is 0.0171. The van der Waals surface area contributed by atoms with E-state index in [-0.39, 0.29) is 12.0 Å². The van der Waals surface area contributed by atoms with E-state index < -0.39 is 0 Å². The number of carbonyl (C=O) groups excluding carboxylic acids is 1. The molecular formula is C19H18BrN3O2. The Morgan fingerprint density at radius 1 is 1.24 bits per heavy atom. The van der Waals surface area contributed by atoms with Crippen LogP contribution in [0.4, 0.5) is 0 Å².